The van der Waals surface area contributed by atoms with Gasteiger partial charge in [0.05, 0.1) is 58.4 Å². The van der Waals surface area contributed by atoms with E-state index < -0.39 is 0 Å². The molecule has 1 aliphatic heterocycles. The van der Waals surface area contributed by atoms with Crippen molar-refractivity contribution in [3.8, 4) is 17.1 Å². The van der Waals surface area contributed by atoms with E-state index in [0.29, 0.717) is 19.0 Å². The number of hydrogen-bond acceptors (Lipinski definition) is 7. The van der Waals surface area contributed by atoms with Crippen LogP contribution in [-0.4, -0.2) is 71.1 Å². The molecule has 0 aliphatic carbocycles. The summed E-state index contributed by atoms with van der Waals surface area (Å²) in [4.78, 5) is 6.93. The number of likely N-dealkylation sites (N-methyl/N-ethyl adjacent to an activating group) is 1. The number of aromatic amines is 1. The summed E-state index contributed by atoms with van der Waals surface area (Å²) in [5, 5.41) is 28.1. The average molecular weight is 491 g/mol. The number of aliphatic hydroxyl groups is 1. The Balaban J connectivity index is 1.72. The summed E-state index contributed by atoms with van der Waals surface area (Å²) in [6.45, 7) is 9.51. The molecular weight excluding hydrogens is 456 g/mol. The predicted octanol–water partition coefficient (Wildman–Crippen LogP) is 3.36. The molecule has 4 aromatic rings. The van der Waals surface area contributed by atoms with Crippen LogP contribution in [0.1, 0.15) is 55.2 Å². The zero-order valence-corrected chi connectivity index (χ0v) is 21.8. The van der Waals surface area contributed by atoms with E-state index in [4.69, 9.17) is 14.8 Å². The van der Waals surface area contributed by atoms with E-state index in [1.165, 1.54) is 0 Å². The highest BCUT2D eigenvalue weighted by Crippen LogP contribution is 2.34. The number of ether oxygens (including phenoxy) is 1. The first-order valence-electron chi connectivity index (χ1n) is 12.4. The average Bonchev–Trinajstić information content (AvgIpc) is 3.49. The van der Waals surface area contributed by atoms with Crippen molar-refractivity contribution in [3.63, 3.8) is 0 Å². The number of aliphatic hydroxyl groups excluding tert-OH is 1. The quantitative estimate of drug-likeness (QED) is 0.453. The van der Waals surface area contributed by atoms with Gasteiger partial charge in [-0.05, 0) is 52.5 Å². The molecule has 5 heterocycles. The molecule has 0 saturated carbocycles. The minimum atomic E-state index is -0.128. The molecule has 0 fully saturated rings. The maximum absolute atomic E-state index is 9.92. The Hall–Kier alpha value is -3.50. The number of nitrogens with zero attached hydrogens (tertiary/aromatic N) is 7. The number of hydrogen-bond donors (Lipinski definition) is 2. The smallest absolute Gasteiger partial charge is 0.221 e. The van der Waals surface area contributed by atoms with Gasteiger partial charge in [0.15, 0.2) is 0 Å². The first-order valence-corrected chi connectivity index (χ1v) is 12.4. The summed E-state index contributed by atoms with van der Waals surface area (Å²) in [7, 11) is 3.98. The lowest BCUT2D eigenvalue weighted by Gasteiger charge is -2.24. The topological polar surface area (TPSA) is 110 Å². The van der Waals surface area contributed by atoms with E-state index in [2.05, 4.69) is 47.2 Å². The number of rotatable bonds is 3. The highest BCUT2D eigenvalue weighted by atomic mass is 16.5. The first kappa shape index (κ1) is 24.2. The Kier molecular flexibility index (Phi) is 6.40. The fourth-order valence-corrected chi connectivity index (χ4v) is 5.00. The Morgan fingerprint density at radius 2 is 2.06 bits per heavy atom. The normalized spacial score (nSPS) is 18.4. The first-order chi connectivity index (χ1) is 17.3. The zero-order valence-electron chi connectivity index (χ0n) is 21.8. The zero-order chi connectivity index (χ0) is 25.6. The number of aryl methyl sites for hydroxylation is 3. The molecule has 5 rings (SSSR count). The molecule has 0 radical (unpaired) electrons. The van der Waals surface area contributed by atoms with Crippen LogP contribution in [0.5, 0.6) is 5.88 Å². The van der Waals surface area contributed by atoms with Gasteiger partial charge in [0.1, 0.15) is 6.10 Å². The summed E-state index contributed by atoms with van der Waals surface area (Å²) in [6.07, 6.45) is 6.64. The summed E-state index contributed by atoms with van der Waals surface area (Å²) in [5.74, 6) is 0.698. The summed E-state index contributed by atoms with van der Waals surface area (Å²) in [5.41, 5.74) is 7.38. The Morgan fingerprint density at radius 3 is 2.81 bits per heavy atom. The highest BCUT2D eigenvalue weighted by Gasteiger charge is 2.24. The van der Waals surface area contributed by atoms with Gasteiger partial charge in [0.25, 0.3) is 0 Å². The standard InChI is InChI=1S/C26H34N8O2/c1-7-20-18-8-9-21-19-10-22(27-11-23(19)29-28-21)25-17(4)30-33(6)26(25)36-16(3)12-32(5)13-24(18)34(31-20)15(2)14-35/h8-11,15-16,35H,7,12-14H2,1-6H3,(H,28,29)/b9-8+/t15-,16-/m0/s1. The largest absolute Gasteiger partial charge is 0.473 e. The monoisotopic (exact) mass is 490 g/mol. The second kappa shape index (κ2) is 9.51. The van der Waals surface area contributed by atoms with Crippen molar-refractivity contribution in [2.75, 3.05) is 20.2 Å². The second-order valence-corrected chi connectivity index (χ2v) is 9.71. The second-order valence-electron chi connectivity index (χ2n) is 9.71. The van der Waals surface area contributed by atoms with E-state index in [0.717, 1.165) is 56.9 Å². The van der Waals surface area contributed by atoms with Crippen LogP contribution in [0.3, 0.4) is 0 Å². The van der Waals surface area contributed by atoms with Crippen molar-refractivity contribution in [2.45, 2.75) is 52.8 Å². The van der Waals surface area contributed by atoms with Crippen molar-refractivity contribution in [3.05, 3.63) is 40.6 Å². The van der Waals surface area contributed by atoms with Crippen LogP contribution in [0.15, 0.2) is 12.3 Å². The molecule has 2 N–H and O–H groups in total. The van der Waals surface area contributed by atoms with Gasteiger partial charge in [-0.3, -0.25) is 19.7 Å². The number of fused-ring (bicyclic) bond motifs is 4. The molecule has 190 valence electrons. The van der Waals surface area contributed by atoms with E-state index in [1.807, 2.05) is 43.9 Å². The minimum Gasteiger partial charge on any atom is -0.473 e. The molecule has 10 heteroatoms. The van der Waals surface area contributed by atoms with Gasteiger partial charge >= 0.3 is 0 Å². The Morgan fingerprint density at radius 1 is 1.25 bits per heavy atom. The number of H-pyrrole nitrogens is 1. The summed E-state index contributed by atoms with van der Waals surface area (Å²) < 4.78 is 10.2. The SMILES string of the molecule is CCc1nn([C@@H](C)CO)c2c1/C=C/c1n[nH]c3cnc(cc13)-c1c(C)nn(C)c1O[C@@H](C)CN(C)C2. The van der Waals surface area contributed by atoms with Gasteiger partial charge in [0, 0.05) is 31.1 Å². The van der Waals surface area contributed by atoms with Crippen molar-refractivity contribution in [1.82, 2.24) is 39.6 Å². The number of aromatic nitrogens is 7. The molecule has 0 aromatic carbocycles. The van der Waals surface area contributed by atoms with E-state index in [-0.39, 0.29) is 18.8 Å². The number of nitrogens with one attached hydrogen (secondary N) is 1. The van der Waals surface area contributed by atoms with Gasteiger partial charge in [-0.1, -0.05) is 6.92 Å². The molecule has 2 atom stereocenters. The highest BCUT2D eigenvalue weighted by molar-refractivity contribution is 5.92. The minimum absolute atomic E-state index is 0.0205. The van der Waals surface area contributed by atoms with Crippen LogP contribution in [0.2, 0.25) is 0 Å². The molecule has 0 unspecified atom stereocenters. The van der Waals surface area contributed by atoms with Crippen molar-refractivity contribution in [2.24, 2.45) is 7.05 Å². The molecule has 0 spiro atoms. The third kappa shape index (κ3) is 4.20. The van der Waals surface area contributed by atoms with Crippen LogP contribution < -0.4 is 4.74 Å². The van der Waals surface area contributed by atoms with E-state index >= 15 is 0 Å². The van der Waals surface area contributed by atoms with Gasteiger partial charge in [-0.2, -0.15) is 15.3 Å². The molecule has 2 bridgehead atoms. The molecule has 10 nitrogen and oxygen atoms in total. The van der Waals surface area contributed by atoms with E-state index in [1.54, 1.807) is 4.68 Å². The molecule has 0 saturated heterocycles. The number of pyridine rings is 1. The predicted molar refractivity (Wildman–Crippen MR) is 140 cm³/mol. The third-order valence-corrected chi connectivity index (χ3v) is 6.76. The lowest BCUT2D eigenvalue weighted by atomic mass is 10.1. The van der Waals surface area contributed by atoms with Crippen molar-refractivity contribution < 1.29 is 9.84 Å². The van der Waals surface area contributed by atoms with Gasteiger partial charge in [-0.25, -0.2) is 4.68 Å². The maximum Gasteiger partial charge on any atom is 0.221 e. The maximum atomic E-state index is 9.92. The Bertz CT molecular complexity index is 1430. The van der Waals surface area contributed by atoms with Crippen molar-refractivity contribution in [1.29, 1.82) is 0 Å². The third-order valence-electron chi connectivity index (χ3n) is 6.76. The Labute approximate surface area is 210 Å². The molecule has 36 heavy (non-hydrogen) atoms. The fraction of sp³-hybridized carbons (Fsp3) is 0.462. The van der Waals surface area contributed by atoms with Crippen LogP contribution in [0.4, 0.5) is 0 Å². The van der Waals surface area contributed by atoms with Crippen LogP contribution in [0, 0.1) is 6.92 Å². The molecule has 0 amide bonds. The summed E-state index contributed by atoms with van der Waals surface area (Å²) in [6, 6.07) is 1.92. The lowest BCUT2D eigenvalue weighted by Crippen LogP contribution is -2.32. The summed E-state index contributed by atoms with van der Waals surface area (Å²) >= 11 is 0. The van der Waals surface area contributed by atoms with Crippen molar-refractivity contribution >= 4 is 23.1 Å². The molecule has 1 aliphatic rings. The van der Waals surface area contributed by atoms with Crippen LogP contribution >= 0.6 is 0 Å². The fourth-order valence-electron chi connectivity index (χ4n) is 5.00. The van der Waals surface area contributed by atoms with Gasteiger partial charge < -0.3 is 9.84 Å². The molecule has 4 aromatic heterocycles. The van der Waals surface area contributed by atoms with Gasteiger partial charge in [-0.15, -0.1) is 0 Å². The molecular formula is C26H34N8O2. The van der Waals surface area contributed by atoms with Gasteiger partial charge in [0.2, 0.25) is 5.88 Å². The lowest BCUT2D eigenvalue weighted by molar-refractivity contribution is 0.145. The van der Waals surface area contributed by atoms with Crippen LogP contribution in [-0.2, 0) is 20.0 Å². The van der Waals surface area contributed by atoms with E-state index in [9.17, 15) is 5.11 Å². The van der Waals surface area contributed by atoms with Crippen LogP contribution in [0.25, 0.3) is 34.3 Å².